The maximum absolute atomic E-state index is 13.2. The standard InChI is InChI=1S/C14H20FN3O/c1-10(18-4-2-3-5-18)9-17-14(19)11-6-12(15)8-13(16)7-11/h6-8,10H,2-5,9,16H2,1H3,(H,17,19). The number of amides is 1. The van der Waals surface area contributed by atoms with Crippen LogP contribution >= 0.6 is 0 Å². The minimum Gasteiger partial charge on any atom is -0.399 e. The van der Waals surface area contributed by atoms with Gasteiger partial charge in [-0.1, -0.05) is 0 Å². The second-order valence-corrected chi connectivity index (χ2v) is 5.08. The lowest BCUT2D eigenvalue weighted by Crippen LogP contribution is -2.40. The number of carbonyl (C=O) groups excluding carboxylic acids is 1. The van der Waals surface area contributed by atoms with Crippen molar-refractivity contribution in [3.63, 3.8) is 0 Å². The van der Waals surface area contributed by atoms with Crippen LogP contribution in [0.3, 0.4) is 0 Å². The van der Waals surface area contributed by atoms with Gasteiger partial charge in [-0.25, -0.2) is 4.39 Å². The Kier molecular flexibility index (Phi) is 4.37. The van der Waals surface area contributed by atoms with E-state index in [1.807, 2.05) is 0 Å². The van der Waals surface area contributed by atoms with E-state index in [-0.39, 0.29) is 17.2 Å². The molecule has 104 valence electrons. The monoisotopic (exact) mass is 265 g/mol. The summed E-state index contributed by atoms with van der Waals surface area (Å²) in [5.41, 5.74) is 6.06. The van der Waals surface area contributed by atoms with Crippen LogP contribution in [0.15, 0.2) is 18.2 Å². The number of halogens is 1. The van der Waals surface area contributed by atoms with Crippen LogP contribution in [0.5, 0.6) is 0 Å². The number of anilines is 1. The Bertz CT molecular complexity index is 438. The summed E-state index contributed by atoms with van der Waals surface area (Å²) in [5.74, 6) is -0.769. The zero-order valence-corrected chi connectivity index (χ0v) is 11.2. The van der Waals surface area contributed by atoms with E-state index >= 15 is 0 Å². The summed E-state index contributed by atoms with van der Waals surface area (Å²) in [5, 5.41) is 2.83. The van der Waals surface area contributed by atoms with Gasteiger partial charge in [0.05, 0.1) is 0 Å². The summed E-state index contributed by atoms with van der Waals surface area (Å²) >= 11 is 0. The van der Waals surface area contributed by atoms with E-state index in [4.69, 9.17) is 5.73 Å². The third-order valence-corrected chi connectivity index (χ3v) is 3.50. The average Bonchev–Trinajstić information content (AvgIpc) is 2.88. The number of rotatable bonds is 4. The third kappa shape index (κ3) is 3.67. The molecule has 0 saturated carbocycles. The van der Waals surface area contributed by atoms with Crippen LogP contribution < -0.4 is 11.1 Å². The molecule has 5 heteroatoms. The van der Waals surface area contributed by atoms with Crippen LogP contribution in [0.25, 0.3) is 0 Å². The first-order valence-electron chi connectivity index (χ1n) is 6.64. The van der Waals surface area contributed by atoms with E-state index < -0.39 is 5.82 Å². The minimum absolute atomic E-state index is 0.262. The molecule has 1 aliphatic heterocycles. The minimum atomic E-state index is -0.488. The fourth-order valence-electron chi connectivity index (χ4n) is 2.40. The molecule has 1 fully saturated rings. The number of nitrogens with zero attached hydrogens (tertiary/aromatic N) is 1. The van der Waals surface area contributed by atoms with Gasteiger partial charge in [0.25, 0.3) is 5.91 Å². The third-order valence-electron chi connectivity index (χ3n) is 3.50. The molecule has 0 bridgehead atoms. The highest BCUT2D eigenvalue weighted by atomic mass is 19.1. The maximum Gasteiger partial charge on any atom is 0.251 e. The molecule has 3 N–H and O–H groups in total. The van der Waals surface area contributed by atoms with Crippen molar-refractivity contribution in [1.29, 1.82) is 0 Å². The molecule has 19 heavy (non-hydrogen) atoms. The fourth-order valence-corrected chi connectivity index (χ4v) is 2.40. The molecule has 1 amide bonds. The molecule has 1 aromatic rings. The lowest BCUT2D eigenvalue weighted by Gasteiger charge is -2.23. The molecule has 1 aromatic carbocycles. The van der Waals surface area contributed by atoms with Crippen molar-refractivity contribution in [2.45, 2.75) is 25.8 Å². The van der Waals surface area contributed by atoms with Gasteiger partial charge in [-0.05, 0) is 51.1 Å². The average molecular weight is 265 g/mol. The lowest BCUT2D eigenvalue weighted by molar-refractivity contribution is 0.0940. The molecule has 0 aliphatic carbocycles. The van der Waals surface area contributed by atoms with Gasteiger partial charge in [0, 0.05) is 23.8 Å². The normalized spacial score (nSPS) is 17.4. The lowest BCUT2D eigenvalue weighted by atomic mass is 10.1. The number of nitrogens with one attached hydrogen (secondary N) is 1. The van der Waals surface area contributed by atoms with Gasteiger partial charge in [-0.2, -0.15) is 0 Å². The van der Waals surface area contributed by atoms with Crippen LogP contribution in [-0.2, 0) is 0 Å². The van der Waals surface area contributed by atoms with Gasteiger partial charge in [-0.15, -0.1) is 0 Å². The van der Waals surface area contributed by atoms with Gasteiger partial charge in [0.1, 0.15) is 5.82 Å². The molecule has 0 aromatic heterocycles. The molecule has 2 rings (SSSR count). The molecular weight excluding hydrogens is 245 g/mol. The van der Waals surface area contributed by atoms with Crippen molar-refractivity contribution >= 4 is 11.6 Å². The molecule has 1 saturated heterocycles. The van der Waals surface area contributed by atoms with Crippen LogP contribution in [0.2, 0.25) is 0 Å². The second-order valence-electron chi connectivity index (χ2n) is 5.08. The Morgan fingerprint density at radius 1 is 1.42 bits per heavy atom. The quantitative estimate of drug-likeness (QED) is 0.813. The largest absolute Gasteiger partial charge is 0.399 e. The predicted octanol–water partition coefficient (Wildman–Crippen LogP) is 1.62. The summed E-state index contributed by atoms with van der Waals surface area (Å²) in [6, 6.07) is 4.19. The number of carbonyl (C=O) groups is 1. The van der Waals surface area contributed by atoms with Crippen LogP contribution in [0, 0.1) is 5.82 Å². The van der Waals surface area contributed by atoms with Gasteiger partial charge in [0.15, 0.2) is 0 Å². The molecule has 0 radical (unpaired) electrons. The highest BCUT2D eigenvalue weighted by Crippen LogP contribution is 2.12. The number of hydrogen-bond acceptors (Lipinski definition) is 3. The Hall–Kier alpha value is -1.62. The fraction of sp³-hybridized carbons (Fsp3) is 0.500. The number of nitrogens with two attached hydrogens (primary N) is 1. The Labute approximate surface area is 112 Å². The first-order valence-corrected chi connectivity index (χ1v) is 6.64. The Balaban J connectivity index is 1.89. The van der Waals surface area contributed by atoms with E-state index in [0.717, 1.165) is 13.1 Å². The SMILES string of the molecule is CC(CNC(=O)c1cc(N)cc(F)c1)N1CCCC1. The second kappa shape index (κ2) is 6.02. The van der Waals surface area contributed by atoms with E-state index in [1.165, 1.54) is 31.0 Å². The van der Waals surface area contributed by atoms with Crippen LogP contribution in [-0.4, -0.2) is 36.5 Å². The topological polar surface area (TPSA) is 58.4 Å². The number of hydrogen-bond donors (Lipinski definition) is 2. The Morgan fingerprint density at radius 2 is 2.11 bits per heavy atom. The molecule has 1 heterocycles. The summed E-state index contributed by atoms with van der Waals surface area (Å²) < 4.78 is 13.2. The van der Waals surface area contributed by atoms with Crippen LogP contribution in [0.1, 0.15) is 30.1 Å². The highest BCUT2D eigenvalue weighted by Gasteiger charge is 2.18. The van der Waals surface area contributed by atoms with Gasteiger partial charge < -0.3 is 11.1 Å². The van der Waals surface area contributed by atoms with Crippen molar-refractivity contribution in [3.8, 4) is 0 Å². The molecule has 1 unspecified atom stereocenters. The van der Waals surface area contributed by atoms with Crippen molar-refractivity contribution in [3.05, 3.63) is 29.6 Å². The zero-order chi connectivity index (χ0) is 13.8. The first kappa shape index (κ1) is 13.8. The van der Waals surface area contributed by atoms with E-state index in [9.17, 15) is 9.18 Å². The van der Waals surface area contributed by atoms with Crippen molar-refractivity contribution < 1.29 is 9.18 Å². The van der Waals surface area contributed by atoms with Crippen molar-refractivity contribution in [2.75, 3.05) is 25.4 Å². The summed E-state index contributed by atoms with van der Waals surface area (Å²) in [6.45, 7) is 4.83. The predicted molar refractivity (Wildman–Crippen MR) is 73.4 cm³/mol. The number of nitrogen functional groups attached to an aromatic ring is 1. The molecule has 1 atom stereocenters. The van der Waals surface area contributed by atoms with Crippen LogP contribution in [0.4, 0.5) is 10.1 Å². The van der Waals surface area contributed by atoms with E-state index in [1.54, 1.807) is 0 Å². The van der Waals surface area contributed by atoms with Gasteiger partial charge in [-0.3, -0.25) is 9.69 Å². The van der Waals surface area contributed by atoms with E-state index in [2.05, 4.69) is 17.1 Å². The highest BCUT2D eigenvalue weighted by molar-refractivity contribution is 5.95. The number of likely N-dealkylation sites (tertiary alicyclic amines) is 1. The summed E-state index contributed by atoms with van der Waals surface area (Å²) in [7, 11) is 0. The summed E-state index contributed by atoms with van der Waals surface area (Å²) in [4.78, 5) is 14.3. The molecular formula is C14H20FN3O. The van der Waals surface area contributed by atoms with E-state index in [0.29, 0.717) is 12.6 Å². The maximum atomic E-state index is 13.2. The molecule has 1 aliphatic rings. The zero-order valence-electron chi connectivity index (χ0n) is 11.2. The van der Waals surface area contributed by atoms with Crippen molar-refractivity contribution in [1.82, 2.24) is 10.2 Å². The van der Waals surface area contributed by atoms with Gasteiger partial charge in [0.2, 0.25) is 0 Å². The molecule has 4 nitrogen and oxygen atoms in total. The summed E-state index contributed by atoms with van der Waals surface area (Å²) in [6.07, 6.45) is 2.44. The van der Waals surface area contributed by atoms with Crippen molar-refractivity contribution in [2.24, 2.45) is 0 Å². The first-order chi connectivity index (χ1) is 9.06. The smallest absolute Gasteiger partial charge is 0.251 e. The van der Waals surface area contributed by atoms with Gasteiger partial charge >= 0.3 is 0 Å². The number of benzene rings is 1. The molecule has 0 spiro atoms. The Morgan fingerprint density at radius 3 is 2.74 bits per heavy atom.